The Balaban J connectivity index is 1.64. The van der Waals surface area contributed by atoms with Crippen LogP contribution in [0.5, 0.6) is 0 Å². The van der Waals surface area contributed by atoms with Gasteiger partial charge in [0, 0.05) is 45.1 Å². The Morgan fingerprint density at radius 3 is 2.48 bits per heavy atom. The second-order valence-corrected chi connectivity index (χ2v) is 4.99. The molecule has 1 fully saturated rings. The zero-order valence-corrected chi connectivity index (χ0v) is 12.2. The van der Waals surface area contributed by atoms with Crippen molar-refractivity contribution in [2.45, 2.75) is 6.92 Å². The number of piperazine rings is 1. The van der Waals surface area contributed by atoms with E-state index in [-0.39, 0.29) is 0 Å². The van der Waals surface area contributed by atoms with E-state index in [1.165, 1.54) is 5.69 Å². The van der Waals surface area contributed by atoms with E-state index in [9.17, 15) is 0 Å². The number of anilines is 3. The third kappa shape index (κ3) is 3.21. The lowest BCUT2D eigenvalue weighted by Crippen LogP contribution is -2.47. The predicted octanol–water partition coefficient (Wildman–Crippen LogP) is 1.63. The summed E-state index contributed by atoms with van der Waals surface area (Å²) < 4.78 is 0. The van der Waals surface area contributed by atoms with Crippen LogP contribution in [-0.4, -0.2) is 47.7 Å². The second kappa shape index (κ2) is 6.39. The van der Waals surface area contributed by atoms with Crippen molar-refractivity contribution in [2.75, 3.05) is 47.8 Å². The molecule has 1 saturated heterocycles. The Bertz CT molecular complexity index is 565. The van der Waals surface area contributed by atoms with Gasteiger partial charge in [-0.2, -0.15) is 0 Å². The van der Waals surface area contributed by atoms with Crippen LogP contribution in [0, 0.1) is 0 Å². The molecule has 0 saturated carbocycles. The molecule has 6 heteroatoms. The largest absolute Gasteiger partial charge is 0.384 e. The number of hydrogen-bond donors (Lipinski definition) is 1. The molecular formula is C15H20N6. The van der Waals surface area contributed by atoms with Crippen LogP contribution in [0.4, 0.5) is 17.3 Å². The number of aromatic nitrogens is 3. The molecule has 0 atom stereocenters. The molecule has 1 aliphatic rings. The molecule has 0 radical (unpaired) electrons. The molecule has 1 N–H and O–H groups in total. The minimum Gasteiger partial charge on any atom is -0.384 e. The minimum absolute atomic E-state index is 0.816. The van der Waals surface area contributed by atoms with E-state index in [1.807, 2.05) is 18.5 Å². The van der Waals surface area contributed by atoms with Crippen LogP contribution in [0.2, 0.25) is 0 Å². The summed E-state index contributed by atoms with van der Waals surface area (Å²) in [6.07, 6.45) is 7.37. The van der Waals surface area contributed by atoms with Gasteiger partial charge in [-0.05, 0) is 19.1 Å². The first-order chi connectivity index (χ1) is 10.4. The fraction of sp³-hybridized carbons (Fsp3) is 0.400. The molecule has 0 amide bonds. The van der Waals surface area contributed by atoms with Crippen molar-refractivity contribution in [3.8, 4) is 0 Å². The highest BCUT2D eigenvalue weighted by atomic mass is 15.3. The zero-order valence-electron chi connectivity index (χ0n) is 12.2. The quantitative estimate of drug-likeness (QED) is 0.921. The van der Waals surface area contributed by atoms with Gasteiger partial charge in [0.2, 0.25) is 5.95 Å². The van der Waals surface area contributed by atoms with Gasteiger partial charge in [0.1, 0.15) is 0 Å². The predicted molar refractivity (Wildman–Crippen MR) is 84.9 cm³/mol. The summed E-state index contributed by atoms with van der Waals surface area (Å²) in [4.78, 5) is 17.5. The lowest BCUT2D eigenvalue weighted by molar-refractivity contribution is 0.639. The van der Waals surface area contributed by atoms with Crippen molar-refractivity contribution >= 4 is 17.3 Å². The summed E-state index contributed by atoms with van der Waals surface area (Å²) in [5, 5.41) is 3.30. The second-order valence-electron chi connectivity index (χ2n) is 4.99. The number of rotatable bonds is 4. The first-order valence-corrected chi connectivity index (χ1v) is 7.32. The van der Waals surface area contributed by atoms with Crippen molar-refractivity contribution in [2.24, 2.45) is 0 Å². The average molecular weight is 284 g/mol. The Hall–Kier alpha value is -2.37. The summed E-state index contributed by atoms with van der Waals surface area (Å²) >= 11 is 0. The molecule has 110 valence electrons. The topological polar surface area (TPSA) is 57.2 Å². The van der Waals surface area contributed by atoms with E-state index >= 15 is 0 Å². The molecular weight excluding hydrogens is 264 g/mol. The van der Waals surface area contributed by atoms with Crippen LogP contribution in [0.3, 0.4) is 0 Å². The lowest BCUT2D eigenvalue weighted by atomic mass is 10.2. The summed E-state index contributed by atoms with van der Waals surface area (Å²) in [5.41, 5.74) is 2.24. The molecule has 0 unspecified atom stereocenters. The van der Waals surface area contributed by atoms with Crippen LogP contribution < -0.4 is 15.1 Å². The monoisotopic (exact) mass is 284 g/mol. The van der Waals surface area contributed by atoms with E-state index < -0.39 is 0 Å². The van der Waals surface area contributed by atoms with Crippen molar-refractivity contribution < 1.29 is 0 Å². The van der Waals surface area contributed by atoms with Crippen LogP contribution in [0.25, 0.3) is 0 Å². The van der Waals surface area contributed by atoms with Gasteiger partial charge in [-0.1, -0.05) is 0 Å². The van der Waals surface area contributed by atoms with E-state index in [4.69, 9.17) is 0 Å². The molecule has 21 heavy (non-hydrogen) atoms. The number of hydrogen-bond acceptors (Lipinski definition) is 6. The Kier molecular flexibility index (Phi) is 4.14. The molecule has 3 heterocycles. The zero-order chi connectivity index (χ0) is 14.5. The minimum atomic E-state index is 0.816. The Labute approximate surface area is 124 Å². The summed E-state index contributed by atoms with van der Waals surface area (Å²) in [7, 11) is 0. The average Bonchev–Trinajstić information content (AvgIpc) is 2.56. The molecule has 1 aliphatic heterocycles. The normalized spacial score (nSPS) is 15.1. The molecule has 0 aliphatic carbocycles. The maximum atomic E-state index is 4.31. The highest BCUT2D eigenvalue weighted by Crippen LogP contribution is 2.20. The van der Waals surface area contributed by atoms with Crippen molar-refractivity contribution in [1.29, 1.82) is 0 Å². The number of nitrogens with zero attached hydrogens (tertiary/aromatic N) is 5. The molecule has 2 aromatic heterocycles. The first kappa shape index (κ1) is 13.6. The van der Waals surface area contributed by atoms with Gasteiger partial charge in [-0.3, -0.25) is 4.98 Å². The van der Waals surface area contributed by atoms with Gasteiger partial charge in [-0.25, -0.2) is 9.97 Å². The number of nitrogens with one attached hydrogen (secondary N) is 1. The van der Waals surface area contributed by atoms with Gasteiger partial charge in [0.05, 0.1) is 23.8 Å². The smallest absolute Gasteiger partial charge is 0.225 e. The van der Waals surface area contributed by atoms with Crippen LogP contribution in [0.15, 0.2) is 36.9 Å². The SMILES string of the molecule is CCNc1cncc(N2CCN(c3ncccn3)CC2)c1. The van der Waals surface area contributed by atoms with Gasteiger partial charge < -0.3 is 15.1 Å². The fourth-order valence-corrected chi connectivity index (χ4v) is 2.52. The van der Waals surface area contributed by atoms with E-state index in [2.05, 4.69) is 43.1 Å². The first-order valence-electron chi connectivity index (χ1n) is 7.32. The van der Waals surface area contributed by atoms with E-state index in [1.54, 1.807) is 12.4 Å². The molecule has 0 spiro atoms. The van der Waals surface area contributed by atoms with Crippen molar-refractivity contribution in [3.63, 3.8) is 0 Å². The van der Waals surface area contributed by atoms with Crippen LogP contribution in [-0.2, 0) is 0 Å². The fourth-order valence-electron chi connectivity index (χ4n) is 2.52. The maximum Gasteiger partial charge on any atom is 0.225 e. The van der Waals surface area contributed by atoms with Gasteiger partial charge in [-0.15, -0.1) is 0 Å². The Morgan fingerprint density at radius 1 is 1.05 bits per heavy atom. The van der Waals surface area contributed by atoms with Gasteiger partial charge in [0.25, 0.3) is 0 Å². The summed E-state index contributed by atoms with van der Waals surface area (Å²) in [6, 6.07) is 4.00. The van der Waals surface area contributed by atoms with E-state index in [0.29, 0.717) is 0 Å². The summed E-state index contributed by atoms with van der Waals surface area (Å²) in [6.45, 7) is 6.76. The molecule has 0 aromatic carbocycles. The van der Waals surface area contributed by atoms with Gasteiger partial charge >= 0.3 is 0 Å². The van der Waals surface area contributed by atoms with E-state index in [0.717, 1.165) is 44.4 Å². The molecule has 0 bridgehead atoms. The third-order valence-corrected chi connectivity index (χ3v) is 3.58. The van der Waals surface area contributed by atoms with Crippen LogP contribution >= 0.6 is 0 Å². The van der Waals surface area contributed by atoms with Gasteiger partial charge in [0.15, 0.2) is 0 Å². The molecule has 6 nitrogen and oxygen atoms in total. The van der Waals surface area contributed by atoms with Crippen molar-refractivity contribution in [1.82, 2.24) is 15.0 Å². The third-order valence-electron chi connectivity index (χ3n) is 3.58. The standard InChI is InChI=1S/C15H20N6/c1-2-17-13-10-14(12-16-11-13)20-6-8-21(9-7-20)15-18-4-3-5-19-15/h3-5,10-12,17H,2,6-9H2,1H3. The van der Waals surface area contributed by atoms with Crippen LogP contribution in [0.1, 0.15) is 6.92 Å². The van der Waals surface area contributed by atoms with Crippen molar-refractivity contribution in [3.05, 3.63) is 36.9 Å². The summed E-state index contributed by atoms with van der Waals surface area (Å²) in [5.74, 6) is 0.816. The lowest BCUT2D eigenvalue weighted by Gasteiger charge is -2.36. The molecule has 2 aromatic rings. The highest BCUT2D eigenvalue weighted by Gasteiger charge is 2.19. The molecule has 3 rings (SSSR count). The highest BCUT2D eigenvalue weighted by molar-refractivity contribution is 5.56. The maximum absolute atomic E-state index is 4.31. The Morgan fingerprint density at radius 2 is 1.76 bits per heavy atom. The number of pyridine rings is 1.